The van der Waals surface area contributed by atoms with Gasteiger partial charge < -0.3 is 14.4 Å². The van der Waals surface area contributed by atoms with Gasteiger partial charge in [-0.05, 0) is 24.3 Å². The van der Waals surface area contributed by atoms with E-state index in [1.165, 1.54) is 30.7 Å². The molecule has 11 heteroatoms. The van der Waals surface area contributed by atoms with Crippen LogP contribution < -0.4 is 4.74 Å². The van der Waals surface area contributed by atoms with Gasteiger partial charge in [-0.2, -0.15) is 18.3 Å². The van der Waals surface area contributed by atoms with Gasteiger partial charge in [-0.3, -0.25) is 14.9 Å². The zero-order valence-electron chi connectivity index (χ0n) is 16.9. The summed E-state index contributed by atoms with van der Waals surface area (Å²) < 4.78 is 49.6. The minimum atomic E-state index is -4.42. The molecule has 1 aliphatic heterocycles. The molecule has 1 aromatic carbocycles. The number of hydrogen-bond donors (Lipinski definition) is 1. The molecule has 0 radical (unpaired) electrons. The molecule has 1 saturated heterocycles. The number of rotatable bonds is 6. The SMILES string of the molecule is O=C(c1cnccn1)N1CCO[C@H](c2cc(CCOc3cccc(C(F)(F)F)c3)[nH]n2)C1. The van der Waals surface area contributed by atoms with Crippen molar-refractivity contribution < 1.29 is 27.4 Å². The zero-order chi connectivity index (χ0) is 22.6. The van der Waals surface area contributed by atoms with Crippen molar-refractivity contribution in [1.29, 1.82) is 0 Å². The van der Waals surface area contributed by atoms with Crippen LogP contribution in [0.2, 0.25) is 0 Å². The first kappa shape index (κ1) is 21.8. The van der Waals surface area contributed by atoms with Crippen molar-refractivity contribution >= 4 is 5.91 Å². The van der Waals surface area contributed by atoms with Crippen LogP contribution in [-0.4, -0.2) is 57.3 Å². The molecule has 1 fully saturated rings. The Hall–Kier alpha value is -3.47. The van der Waals surface area contributed by atoms with Crippen LogP contribution in [0, 0.1) is 0 Å². The molecule has 1 aliphatic rings. The van der Waals surface area contributed by atoms with Crippen molar-refractivity contribution in [3.63, 3.8) is 0 Å². The normalized spacial score (nSPS) is 16.7. The molecule has 32 heavy (non-hydrogen) atoms. The maximum atomic E-state index is 12.8. The Morgan fingerprint density at radius 2 is 2.16 bits per heavy atom. The number of carbonyl (C=O) groups is 1. The highest BCUT2D eigenvalue weighted by Gasteiger charge is 2.31. The summed E-state index contributed by atoms with van der Waals surface area (Å²) in [6.45, 7) is 1.29. The largest absolute Gasteiger partial charge is 0.493 e. The van der Waals surface area contributed by atoms with Crippen LogP contribution in [0.1, 0.15) is 33.5 Å². The maximum absolute atomic E-state index is 12.8. The summed E-state index contributed by atoms with van der Waals surface area (Å²) in [5.74, 6) is -0.0787. The fourth-order valence-electron chi connectivity index (χ4n) is 3.30. The lowest BCUT2D eigenvalue weighted by atomic mass is 10.1. The molecule has 1 N–H and O–H groups in total. The van der Waals surface area contributed by atoms with Gasteiger partial charge in [0.05, 0.1) is 37.2 Å². The fourth-order valence-corrected chi connectivity index (χ4v) is 3.30. The highest BCUT2D eigenvalue weighted by Crippen LogP contribution is 2.31. The van der Waals surface area contributed by atoms with Crippen LogP contribution in [0.15, 0.2) is 48.9 Å². The molecule has 0 bridgehead atoms. The van der Waals surface area contributed by atoms with E-state index in [0.717, 1.165) is 17.8 Å². The summed E-state index contributed by atoms with van der Waals surface area (Å²) in [5, 5.41) is 7.14. The number of nitrogens with one attached hydrogen (secondary N) is 1. The van der Waals surface area contributed by atoms with E-state index in [-0.39, 0.29) is 24.0 Å². The van der Waals surface area contributed by atoms with E-state index in [1.807, 2.05) is 0 Å². The van der Waals surface area contributed by atoms with Gasteiger partial charge in [-0.25, -0.2) is 4.98 Å². The predicted molar refractivity (Wildman–Crippen MR) is 106 cm³/mol. The molecular formula is C21H20F3N5O3. The van der Waals surface area contributed by atoms with Crippen molar-refractivity contribution in [1.82, 2.24) is 25.1 Å². The molecule has 0 aliphatic carbocycles. The number of morpholine rings is 1. The van der Waals surface area contributed by atoms with Crippen LogP contribution in [0.4, 0.5) is 13.2 Å². The monoisotopic (exact) mass is 447 g/mol. The molecule has 3 heterocycles. The summed E-state index contributed by atoms with van der Waals surface area (Å²) in [6, 6.07) is 6.55. The van der Waals surface area contributed by atoms with E-state index >= 15 is 0 Å². The first-order valence-corrected chi connectivity index (χ1v) is 9.91. The van der Waals surface area contributed by atoms with E-state index in [1.54, 1.807) is 11.0 Å². The topological polar surface area (TPSA) is 93.2 Å². The molecule has 3 aromatic rings. The number of amides is 1. The van der Waals surface area contributed by atoms with Crippen LogP contribution in [0.3, 0.4) is 0 Å². The van der Waals surface area contributed by atoms with Crippen LogP contribution >= 0.6 is 0 Å². The molecule has 8 nitrogen and oxygen atoms in total. The Labute approximate surface area is 181 Å². The summed E-state index contributed by atoms with van der Waals surface area (Å²) in [5.41, 5.74) is 0.889. The van der Waals surface area contributed by atoms with Gasteiger partial charge in [0.15, 0.2) is 0 Å². The Morgan fingerprint density at radius 1 is 1.28 bits per heavy atom. The molecule has 1 atom stereocenters. The zero-order valence-corrected chi connectivity index (χ0v) is 16.9. The number of nitrogens with zero attached hydrogens (tertiary/aromatic N) is 4. The van der Waals surface area contributed by atoms with Crippen molar-refractivity contribution in [3.8, 4) is 5.75 Å². The van der Waals surface area contributed by atoms with Gasteiger partial charge in [0.25, 0.3) is 5.91 Å². The Kier molecular flexibility index (Phi) is 6.35. The second-order valence-electron chi connectivity index (χ2n) is 7.14. The van der Waals surface area contributed by atoms with Crippen molar-refractivity contribution in [2.75, 3.05) is 26.3 Å². The Bertz CT molecular complexity index is 1060. The Morgan fingerprint density at radius 3 is 2.94 bits per heavy atom. The highest BCUT2D eigenvalue weighted by molar-refractivity contribution is 5.92. The van der Waals surface area contributed by atoms with Crippen molar-refractivity contribution in [2.45, 2.75) is 18.7 Å². The molecule has 0 spiro atoms. The van der Waals surface area contributed by atoms with Gasteiger partial charge in [0.1, 0.15) is 17.5 Å². The molecule has 168 valence electrons. The smallest absolute Gasteiger partial charge is 0.416 e. The third-order valence-electron chi connectivity index (χ3n) is 4.92. The average molecular weight is 447 g/mol. The molecule has 0 saturated carbocycles. The number of benzene rings is 1. The third-order valence-corrected chi connectivity index (χ3v) is 4.92. The van der Waals surface area contributed by atoms with Crippen molar-refractivity contribution in [3.05, 3.63) is 71.6 Å². The molecule has 2 aromatic heterocycles. The van der Waals surface area contributed by atoms with Gasteiger partial charge >= 0.3 is 6.18 Å². The third kappa shape index (κ3) is 5.22. The van der Waals surface area contributed by atoms with E-state index in [0.29, 0.717) is 31.8 Å². The predicted octanol–water partition coefficient (Wildman–Crippen LogP) is 3.05. The second kappa shape index (κ2) is 9.35. The fraction of sp³-hybridized carbons (Fsp3) is 0.333. The van der Waals surface area contributed by atoms with Crippen LogP contribution in [0.25, 0.3) is 0 Å². The van der Waals surface area contributed by atoms with Crippen LogP contribution in [0.5, 0.6) is 5.75 Å². The minimum Gasteiger partial charge on any atom is -0.493 e. The van der Waals surface area contributed by atoms with E-state index in [2.05, 4.69) is 20.2 Å². The van der Waals surface area contributed by atoms with E-state index in [4.69, 9.17) is 9.47 Å². The average Bonchev–Trinajstić information content (AvgIpc) is 3.28. The number of aromatic amines is 1. The quantitative estimate of drug-likeness (QED) is 0.625. The number of hydrogen-bond acceptors (Lipinski definition) is 6. The maximum Gasteiger partial charge on any atom is 0.416 e. The first-order chi connectivity index (χ1) is 15.4. The van der Waals surface area contributed by atoms with Crippen molar-refractivity contribution in [2.24, 2.45) is 0 Å². The second-order valence-corrected chi connectivity index (χ2v) is 7.14. The van der Waals surface area contributed by atoms with Gasteiger partial charge in [0.2, 0.25) is 0 Å². The summed E-state index contributed by atoms with van der Waals surface area (Å²) in [6.07, 6.45) is -0.0194. The minimum absolute atomic E-state index is 0.147. The lowest BCUT2D eigenvalue weighted by Gasteiger charge is -2.31. The molecule has 0 unspecified atom stereocenters. The lowest BCUT2D eigenvalue weighted by Crippen LogP contribution is -2.42. The number of alkyl halides is 3. The summed E-state index contributed by atoms with van der Waals surface area (Å²) >= 11 is 0. The molecule has 4 rings (SSSR count). The standard InChI is InChI=1S/C21H20F3N5O3/c22-21(23,24)14-2-1-3-16(10-14)31-8-4-15-11-17(28-27-15)19-13-29(7-9-32-19)20(30)18-12-25-5-6-26-18/h1-3,5-6,10-12,19H,4,7-9,13H2,(H,27,28)/t19-/m0/s1. The van der Waals surface area contributed by atoms with Crippen LogP contribution in [-0.2, 0) is 17.3 Å². The first-order valence-electron chi connectivity index (χ1n) is 9.91. The van der Waals surface area contributed by atoms with Gasteiger partial charge in [-0.1, -0.05) is 6.07 Å². The number of halogens is 3. The summed E-state index contributed by atoms with van der Waals surface area (Å²) in [4.78, 5) is 22.2. The lowest BCUT2D eigenvalue weighted by molar-refractivity contribution is -0.137. The molecule has 1 amide bonds. The summed E-state index contributed by atoms with van der Waals surface area (Å²) in [7, 11) is 0. The van der Waals surface area contributed by atoms with Gasteiger partial charge in [-0.15, -0.1) is 0 Å². The highest BCUT2D eigenvalue weighted by atomic mass is 19.4. The van der Waals surface area contributed by atoms with E-state index in [9.17, 15) is 18.0 Å². The Balaban J connectivity index is 1.32. The number of carbonyl (C=O) groups excluding carboxylic acids is 1. The molecular weight excluding hydrogens is 427 g/mol. The number of H-pyrrole nitrogens is 1. The number of ether oxygens (including phenoxy) is 2. The van der Waals surface area contributed by atoms with Gasteiger partial charge in [0, 0.05) is 31.1 Å². The van der Waals surface area contributed by atoms with E-state index < -0.39 is 17.8 Å². The number of aromatic nitrogens is 4.